The first-order valence-corrected chi connectivity index (χ1v) is 13.9. The lowest BCUT2D eigenvalue weighted by Gasteiger charge is -2.58. The van der Waals surface area contributed by atoms with Crippen LogP contribution in [0.3, 0.4) is 0 Å². The van der Waals surface area contributed by atoms with Crippen LogP contribution >= 0.6 is 0 Å². The second-order valence-corrected chi connectivity index (χ2v) is 11.0. The van der Waals surface area contributed by atoms with Gasteiger partial charge in [0.05, 0.1) is 6.10 Å². The number of alkyl halides is 3. The van der Waals surface area contributed by atoms with Crippen molar-refractivity contribution in [2.45, 2.75) is 105 Å². The molecule has 0 aromatic heterocycles. The second kappa shape index (κ2) is 10.3. The van der Waals surface area contributed by atoms with E-state index in [4.69, 9.17) is 0 Å². The van der Waals surface area contributed by atoms with Crippen LogP contribution in [0.5, 0.6) is 0 Å². The fourth-order valence-corrected chi connectivity index (χ4v) is 7.51. The second-order valence-electron chi connectivity index (χ2n) is 9.49. The highest BCUT2D eigenvalue weighted by Gasteiger charge is 2.60. The molecule has 4 aliphatic rings. The molecule has 0 aliphatic heterocycles. The predicted molar refractivity (Wildman–Crippen MR) is 125 cm³/mol. The average Bonchev–Trinajstić information content (AvgIpc) is 3.11. The van der Waals surface area contributed by atoms with Crippen LogP contribution in [0.15, 0.2) is 23.5 Å². The molecule has 0 amide bonds. The lowest BCUT2D eigenvalue weighted by molar-refractivity contribution is -0.0605. The van der Waals surface area contributed by atoms with Gasteiger partial charge in [0.1, 0.15) is 5.76 Å². The molecule has 1 N–H and O–H groups in total. The van der Waals surface area contributed by atoms with E-state index in [0.29, 0.717) is 24.7 Å². The minimum atomic E-state index is -5.65. The number of aliphatic hydroxyl groups is 1. The molecule has 0 spiro atoms. The highest BCUT2D eigenvalue weighted by molar-refractivity contribution is 7.87. The maximum atomic E-state index is 12.8. The molecule has 4 aliphatic carbocycles. The number of hydrogen-bond donors (Lipinski definition) is 1. The first-order valence-electron chi connectivity index (χ1n) is 12.5. The third kappa shape index (κ3) is 4.75. The van der Waals surface area contributed by atoms with Crippen LogP contribution in [-0.2, 0) is 14.3 Å². The molecule has 4 rings (SSSR count). The number of rotatable bonds is 3. The van der Waals surface area contributed by atoms with E-state index in [2.05, 4.69) is 17.2 Å². The summed E-state index contributed by atoms with van der Waals surface area (Å²) in [5.74, 6) is 0.758. The van der Waals surface area contributed by atoms with Crippen molar-refractivity contribution in [3.63, 3.8) is 0 Å². The summed E-state index contributed by atoms with van der Waals surface area (Å²) >= 11 is 0. The molecule has 0 heterocycles. The van der Waals surface area contributed by atoms with Crippen molar-refractivity contribution in [3.05, 3.63) is 23.5 Å². The van der Waals surface area contributed by atoms with Crippen LogP contribution in [0.1, 0.15) is 92.9 Å². The van der Waals surface area contributed by atoms with Crippen LogP contribution < -0.4 is 0 Å². The van der Waals surface area contributed by atoms with E-state index >= 15 is 0 Å². The molecule has 192 valence electrons. The summed E-state index contributed by atoms with van der Waals surface area (Å²) in [5, 5.41) is 10.1. The van der Waals surface area contributed by atoms with Gasteiger partial charge < -0.3 is 9.29 Å². The molecule has 0 saturated heterocycles. The van der Waals surface area contributed by atoms with Crippen LogP contribution in [0.25, 0.3) is 0 Å². The van der Waals surface area contributed by atoms with Crippen LogP contribution in [0.4, 0.5) is 13.2 Å². The predicted octanol–water partition coefficient (Wildman–Crippen LogP) is 7.11. The highest BCUT2D eigenvalue weighted by atomic mass is 32.2. The van der Waals surface area contributed by atoms with Crippen molar-refractivity contribution in [1.29, 1.82) is 0 Å². The number of halogens is 3. The maximum absolute atomic E-state index is 12.8. The minimum Gasteiger partial charge on any atom is -0.393 e. The first kappa shape index (κ1) is 28.2. The fourth-order valence-electron chi connectivity index (χ4n) is 6.92. The Morgan fingerprint density at radius 3 is 2.27 bits per heavy atom. The molecule has 6 unspecified atom stereocenters. The van der Waals surface area contributed by atoms with Crippen molar-refractivity contribution < 1.29 is 30.9 Å². The lowest BCUT2D eigenvalue weighted by atomic mass is 9.46. The molecule has 0 aromatic rings. The zero-order valence-electron chi connectivity index (χ0n) is 20.8. The molecule has 8 heteroatoms. The molecule has 2 fully saturated rings. The Kier molecular flexibility index (Phi) is 8.81. The number of fused-ring (bicyclic) bond motifs is 5. The third-order valence-electron chi connectivity index (χ3n) is 8.43. The Morgan fingerprint density at radius 2 is 1.70 bits per heavy atom. The van der Waals surface area contributed by atoms with Gasteiger partial charge in [0, 0.05) is 5.41 Å². The Morgan fingerprint density at radius 1 is 1.06 bits per heavy atom. The Hall–Kier alpha value is -1.02. The first-order chi connectivity index (χ1) is 15.4. The quantitative estimate of drug-likeness (QED) is 0.258. The molecule has 0 bridgehead atoms. The highest BCUT2D eigenvalue weighted by Crippen LogP contribution is 2.66. The molecule has 0 aromatic carbocycles. The van der Waals surface area contributed by atoms with Gasteiger partial charge in [0.2, 0.25) is 0 Å². The summed E-state index contributed by atoms with van der Waals surface area (Å²) in [4.78, 5) is 0. The van der Waals surface area contributed by atoms with Crippen molar-refractivity contribution in [2.24, 2.45) is 28.6 Å². The van der Waals surface area contributed by atoms with Gasteiger partial charge >= 0.3 is 15.6 Å². The Balaban J connectivity index is 0.000000914. The van der Waals surface area contributed by atoms with Gasteiger partial charge in [-0.1, -0.05) is 53.2 Å². The summed E-state index contributed by atoms with van der Waals surface area (Å²) in [5.41, 5.74) is -4.69. The van der Waals surface area contributed by atoms with Crippen LogP contribution in [-0.4, -0.2) is 25.1 Å². The average molecular weight is 495 g/mol. The van der Waals surface area contributed by atoms with Crippen LogP contribution in [0, 0.1) is 28.6 Å². The zero-order chi connectivity index (χ0) is 25.2. The monoisotopic (exact) mass is 494 g/mol. The molecular formula is C25H41F3O4S. The smallest absolute Gasteiger partial charge is 0.393 e. The number of allylic oxidation sites excluding steroid dienone is 3. The Bertz CT molecular complexity index is 848. The summed E-state index contributed by atoms with van der Waals surface area (Å²) < 4.78 is 66.4. The van der Waals surface area contributed by atoms with Crippen LogP contribution in [0.2, 0.25) is 0 Å². The standard InChI is InChI=1S/C21H29F3O4S.2C2H6/c1-3-20-11-8-14(25)12-13(20)4-5-15-16-6-7-18(19(16,2)10-9-17(15)20)28-29(26,27)21(22,23)24;2*1-2/h4,7,14-17,25H,3,5-6,8-12H2,1-2H3;2*1-2H3. The van der Waals surface area contributed by atoms with E-state index in [9.17, 15) is 26.7 Å². The van der Waals surface area contributed by atoms with E-state index in [1.54, 1.807) is 6.08 Å². The summed E-state index contributed by atoms with van der Waals surface area (Å²) in [6.45, 7) is 12.1. The normalized spacial score (nSPS) is 37.5. The number of hydrogen-bond acceptors (Lipinski definition) is 4. The summed E-state index contributed by atoms with van der Waals surface area (Å²) in [6, 6.07) is 0. The van der Waals surface area contributed by atoms with Crippen molar-refractivity contribution in [2.75, 3.05) is 0 Å². The van der Waals surface area contributed by atoms with Gasteiger partial charge in [-0.2, -0.15) is 21.6 Å². The minimum absolute atomic E-state index is 0.0299. The van der Waals surface area contributed by atoms with Gasteiger partial charge in [0.15, 0.2) is 0 Å². The van der Waals surface area contributed by atoms with E-state index in [1.807, 2.05) is 34.6 Å². The van der Waals surface area contributed by atoms with Gasteiger partial charge in [-0.25, -0.2) is 0 Å². The van der Waals surface area contributed by atoms with Crippen molar-refractivity contribution in [1.82, 2.24) is 0 Å². The molecule has 4 nitrogen and oxygen atoms in total. The molecule has 0 radical (unpaired) electrons. The van der Waals surface area contributed by atoms with Crippen molar-refractivity contribution in [3.8, 4) is 0 Å². The summed E-state index contributed by atoms with van der Waals surface area (Å²) in [6.07, 6.45) is 9.82. The van der Waals surface area contributed by atoms with E-state index < -0.39 is 21.0 Å². The summed E-state index contributed by atoms with van der Waals surface area (Å²) in [7, 11) is -5.65. The SMILES string of the molecule is CC.CC.CCC12CCC(O)CC1=CCC1C3CC=C(OS(=O)(=O)C(F)(F)F)C3(C)CCC12. The van der Waals surface area contributed by atoms with Gasteiger partial charge in [-0.3, -0.25) is 0 Å². The fraction of sp³-hybridized carbons (Fsp3) is 0.840. The molecule has 6 atom stereocenters. The maximum Gasteiger partial charge on any atom is 0.534 e. The van der Waals surface area contributed by atoms with E-state index in [1.165, 1.54) is 5.57 Å². The van der Waals surface area contributed by atoms with Crippen molar-refractivity contribution >= 4 is 10.1 Å². The lowest BCUT2D eigenvalue weighted by Crippen LogP contribution is -2.51. The van der Waals surface area contributed by atoms with Gasteiger partial charge in [-0.05, 0) is 80.6 Å². The van der Waals surface area contributed by atoms with E-state index in [0.717, 1.165) is 38.5 Å². The molecular weight excluding hydrogens is 453 g/mol. The Labute approximate surface area is 197 Å². The largest absolute Gasteiger partial charge is 0.534 e. The topological polar surface area (TPSA) is 63.6 Å². The van der Waals surface area contributed by atoms with E-state index in [-0.39, 0.29) is 23.2 Å². The molecule has 2 saturated carbocycles. The van der Waals surface area contributed by atoms with Gasteiger partial charge in [0.25, 0.3) is 0 Å². The zero-order valence-corrected chi connectivity index (χ0v) is 21.7. The number of aliphatic hydroxyl groups excluding tert-OH is 1. The molecule has 33 heavy (non-hydrogen) atoms. The van der Waals surface area contributed by atoms with Gasteiger partial charge in [-0.15, -0.1) is 0 Å². The third-order valence-corrected chi connectivity index (χ3v) is 9.39.